The molecule has 164 valence electrons. The van der Waals surface area contributed by atoms with Crippen LogP contribution in [-0.4, -0.2) is 61.0 Å². The van der Waals surface area contributed by atoms with Gasteiger partial charge in [-0.05, 0) is 36.1 Å². The van der Waals surface area contributed by atoms with Crippen LogP contribution in [0.3, 0.4) is 0 Å². The summed E-state index contributed by atoms with van der Waals surface area (Å²) in [4.78, 5) is 38.5. The lowest BCUT2D eigenvalue weighted by Gasteiger charge is -2.26. The molecule has 0 spiro atoms. The van der Waals surface area contributed by atoms with Gasteiger partial charge in [-0.3, -0.25) is 24.6 Å². The van der Waals surface area contributed by atoms with Crippen molar-refractivity contribution in [3.63, 3.8) is 0 Å². The van der Waals surface area contributed by atoms with Crippen molar-refractivity contribution in [3.05, 3.63) is 68.0 Å². The number of hydrogen-bond acceptors (Lipinski definition) is 7. The lowest BCUT2D eigenvalue weighted by atomic mass is 10.1. The number of rotatable bonds is 9. The zero-order valence-electron chi connectivity index (χ0n) is 16.9. The van der Waals surface area contributed by atoms with E-state index in [1.54, 1.807) is 23.6 Å². The first kappa shape index (κ1) is 22.6. The van der Waals surface area contributed by atoms with E-state index in [0.29, 0.717) is 17.0 Å². The zero-order chi connectivity index (χ0) is 22.1. The minimum absolute atomic E-state index is 0.0327. The molecular formula is C21H24N4O5S. The number of morpholine rings is 1. The molecule has 2 N–H and O–H groups in total. The summed E-state index contributed by atoms with van der Waals surface area (Å²) in [5.41, 5.74) is 0.382. The molecule has 1 aliphatic heterocycles. The number of amides is 2. The molecule has 10 heteroatoms. The van der Waals surface area contributed by atoms with Crippen LogP contribution >= 0.6 is 11.3 Å². The van der Waals surface area contributed by atoms with Crippen LogP contribution in [0.15, 0.2) is 47.5 Å². The van der Waals surface area contributed by atoms with Gasteiger partial charge in [0.1, 0.15) is 5.70 Å². The van der Waals surface area contributed by atoms with E-state index in [4.69, 9.17) is 4.74 Å². The Bertz CT molecular complexity index is 939. The molecule has 1 aromatic carbocycles. The van der Waals surface area contributed by atoms with Crippen molar-refractivity contribution in [3.8, 4) is 0 Å². The van der Waals surface area contributed by atoms with Crippen molar-refractivity contribution in [2.45, 2.75) is 6.42 Å². The second-order valence-electron chi connectivity index (χ2n) is 6.91. The molecule has 0 unspecified atom stereocenters. The highest BCUT2D eigenvalue weighted by Gasteiger charge is 2.16. The molecule has 0 saturated carbocycles. The number of nitro benzene ring substituents is 1. The van der Waals surface area contributed by atoms with E-state index >= 15 is 0 Å². The van der Waals surface area contributed by atoms with E-state index in [0.717, 1.165) is 39.3 Å². The molecule has 0 atom stereocenters. The highest BCUT2D eigenvalue weighted by Crippen LogP contribution is 2.16. The summed E-state index contributed by atoms with van der Waals surface area (Å²) >= 11 is 1.26. The lowest BCUT2D eigenvalue weighted by Crippen LogP contribution is -2.39. The molecule has 2 aromatic rings. The molecule has 2 heterocycles. The number of nitrogens with one attached hydrogen (secondary N) is 2. The smallest absolute Gasteiger partial charge is 0.270 e. The van der Waals surface area contributed by atoms with Crippen LogP contribution in [-0.2, 0) is 9.53 Å². The van der Waals surface area contributed by atoms with Crippen LogP contribution in [0, 0.1) is 10.1 Å². The maximum Gasteiger partial charge on any atom is 0.270 e. The quantitative estimate of drug-likeness (QED) is 0.265. The fourth-order valence-corrected chi connectivity index (χ4v) is 3.69. The Kier molecular flexibility index (Phi) is 8.27. The van der Waals surface area contributed by atoms with Crippen LogP contribution in [0.5, 0.6) is 0 Å². The van der Waals surface area contributed by atoms with Gasteiger partial charge in [0, 0.05) is 31.8 Å². The monoisotopic (exact) mass is 444 g/mol. The molecule has 31 heavy (non-hydrogen) atoms. The second-order valence-corrected chi connectivity index (χ2v) is 7.85. The molecule has 0 radical (unpaired) electrons. The van der Waals surface area contributed by atoms with Crippen LogP contribution in [0.25, 0.3) is 6.08 Å². The van der Waals surface area contributed by atoms with Crippen molar-refractivity contribution < 1.29 is 19.2 Å². The third-order valence-corrected chi connectivity index (χ3v) is 5.54. The maximum absolute atomic E-state index is 12.8. The standard InChI is InChI=1S/C21H24N4O5S/c26-20(22-7-3-8-24-9-11-30-12-10-24)18(23-21(27)19-6-2-13-31-19)15-16-4-1-5-17(14-16)25(28)29/h1-2,4-6,13-15H,3,7-12H2,(H,22,26)(H,23,27). The van der Waals surface area contributed by atoms with Crippen molar-refractivity contribution >= 4 is 34.9 Å². The van der Waals surface area contributed by atoms with Crippen LogP contribution in [0.4, 0.5) is 5.69 Å². The predicted molar refractivity (Wildman–Crippen MR) is 118 cm³/mol. The van der Waals surface area contributed by atoms with Gasteiger partial charge in [0.15, 0.2) is 0 Å². The summed E-state index contributed by atoms with van der Waals surface area (Å²) in [6.45, 7) is 4.48. The van der Waals surface area contributed by atoms with Gasteiger partial charge in [-0.25, -0.2) is 0 Å². The van der Waals surface area contributed by atoms with Gasteiger partial charge in [0.25, 0.3) is 17.5 Å². The summed E-state index contributed by atoms with van der Waals surface area (Å²) in [5.74, 6) is -0.853. The summed E-state index contributed by atoms with van der Waals surface area (Å²) in [6.07, 6.45) is 2.20. The third kappa shape index (κ3) is 6.99. The van der Waals surface area contributed by atoms with Gasteiger partial charge in [0.05, 0.1) is 23.0 Å². The average Bonchev–Trinajstić information content (AvgIpc) is 3.32. The van der Waals surface area contributed by atoms with Crippen LogP contribution in [0.2, 0.25) is 0 Å². The number of ether oxygens (including phenoxy) is 1. The van der Waals surface area contributed by atoms with Gasteiger partial charge in [0.2, 0.25) is 0 Å². The minimum atomic E-state index is -0.507. The van der Waals surface area contributed by atoms with Crippen molar-refractivity contribution in [2.75, 3.05) is 39.4 Å². The molecule has 1 fully saturated rings. The van der Waals surface area contributed by atoms with Crippen molar-refractivity contribution in [2.24, 2.45) is 0 Å². The Labute approximate surface area is 183 Å². The minimum Gasteiger partial charge on any atom is -0.379 e. The number of hydrogen-bond donors (Lipinski definition) is 2. The van der Waals surface area contributed by atoms with Gasteiger partial charge >= 0.3 is 0 Å². The van der Waals surface area contributed by atoms with E-state index in [2.05, 4.69) is 15.5 Å². The Balaban J connectivity index is 1.67. The first-order valence-electron chi connectivity index (χ1n) is 9.92. The molecular weight excluding hydrogens is 420 g/mol. The molecule has 1 aliphatic rings. The highest BCUT2D eigenvalue weighted by atomic mass is 32.1. The largest absolute Gasteiger partial charge is 0.379 e. The number of nitrogens with zero attached hydrogens (tertiary/aromatic N) is 2. The second kappa shape index (κ2) is 11.3. The molecule has 1 aromatic heterocycles. The summed E-state index contributed by atoms with van der Waals surface area (Å²) in [5, 5.41) is 18.3. The van der Waals surface area contributed by atoms with Gasteiger partial charge in [-0.2, -0.15) is 0 Å². The van der Waals surface area contributed by atoms with E-state index < -0.39 is 16.7 Å². The number of carbonyl (C=O) groups excluding carboxylic acids is 2. The Morgan fingerprint density at radius 3 is 2.74 bits per heavy atom. The normalized spacial score (nSPS) is 14.8. The van der Waals surface area contributed by atoms with Crippen LogP contribution in [0.1, 0.15) is 21.7 Å². The van der Waals surface area contributed by atoms with Crippen molar-refractivity contribution in [1.82, 2.24) is 15.5 Å². The van der Waals surface area contributed by atoms with E-state index in [-0.39, 0.29) is 11.4 Å². The van der Waals surface area contributed by atoms with Gasteiger partial charge in [-0.1, -0.05) is 18.2 Å². The molecule has 9 nitrogen and oxygen atoms in total. The Morgan fingerprint density at radius 2 is 2.03 bits per heavy atom. The molecule has 2 amide bonds. The maximum atomic E-state index is 12.8. The number of thiophene rings is 1. The number of non-ortho nitro benzene ring substituents is 1. The topological polar surface area (TPSA) is 114 Å². The third-order valence-electron chi connectivity index (χ3n) is 4.67. The summed E-state index contributed by atoms with van der Waals surface area (Å²) in [7, 11) is 0. The van der Waals surface area contributed by atoms with E-state index in [1.165, 1.54) is 35.6 Å². The Hall–Kier alpha value is -3.08. The van der Waals surface area contributed by atoms with E-state index in [9.17, 15) is 19.7 Å². The van der Waals surface area contributed by atoms with Gasteiger partial charge in [-0.15, -0.1) is 11.3 Å². The average molecular weight is 445 g/mol. The zero-order valence-corrected chi connectivity index (χ0v) is 17.7. The molecule has 3 rings (SSSR count). The van der Waals surface area contributed by atoms with Gasteiger partial charge < -0.3 is 15.4 Å². The predicted octanol–water partition coefficient (Wildman–Crippen LogP) is 2.27. The first-order valence-corrected chi connectivity index (χ1v) is 10.8. The number of nitro groups is 1. The van der Waals surface area contributed by atoms with Crippen molar-refractivity contribution in [1.29, 1.82) is 0 Å². The first-order chi connectivity index (χ1) is 15.0. The fourth-order valence-electron chi connectivity index (χ4n) is 3.07. The SMILES string of the molecule is O=C(NCCCN1CCOCC1)C(=Cc1cccc([N+](=O)[O-])c1)NC(=O)c1cccs1. The van der Waals surface area contributed by atoms with Crippen LogP contribution < -0.4 is 10.6 Å². The molecule has 0 bridgehead atoms. The number of carbonyl (C=O) groups is 2. The molecule has 1 saturated heterocycles. The lowest BCUT2D eigenvalue weighted by molar-refractivity contribution is -0.384. The summed E-state index contributed by atoms with van der Waals surface area (Å²) < 4.78 is 5.32. The number of benzene rings is 1. The summed E-state index contributed by atoms with van der Waals surface area (Å²) in [6, 6.07) is 9.29. The Morgan fingerprint density at radius 1 is 1.23 bits per heavy atom. The fraction of sp³-hybridized carbons (Fsp3) is 0.333. The molecule has 0 aliphatic carbocycles. The highest BCUT2D eigenvalue weighted by molar-refractivity contribution is 7.12. The van der Waals surface area contributed by atoms with E-state index in [1.807, 2.05) is 0 Å².